The topological polar surface area (TPSA) is 58.2 Å². The van der Waals surface area contributed by atoms with Crippen LogP contribution in [0.4, 0.5) is 0 Å². The van der Waals surface area contributed by atoms with Gasteiger partial charge < -0.3 is 10.6 Å². The van der Waals surface area contributed by atoms with Gasteiger partial charge in [0.2, 0.25) is 0 Å². The first-order valence-corrected chi connectivity index (χ1v) is 10.5. The summed E-state index contributed by atoms with van der Waals surface area (Å²) in [4.78, 5) is 25.8. The average molecular weight is 401 g/mol. The Morgan fingerprint density at radius 2 is 1.33 bits per heavy atom. The molecule has 0 aromatic heterocycles. The van der Waals surface area contributed by atoms with Crippen LogP contribution >= 0.6 is 0 Å². The Hall–Kier alpha value is -3.14. The standard InChI is InChI=1S/C26H28N2O2/c1-15(2)12-16-8-6-9-17(13-16)22-20-21(25(30)27-22)23(28-24(20)29)18-10-7-11-19(14-18)26(3,4)5/h6-11,13-15H,12H2,1-5H3,(H,27,30)(H,28,29). The highest BCUT2D eigenvalue weighted by Gasteiger charge is 2.41. The van der Waals surface area contributed by atoms with Gasteiger partial charge in [-0.2, -0.15) is 0 Å². The van der Waals surface area contributed by atoms with Crippen molar-refractivity contribution in [3.05, 3.63) is 81.9 Å². The molecular weight excluding hydrogens is 372 g/mol. The first-order chi connectivity index (χ1) is 14.1. The van der Waals surface area contributed by atoms with Crippen LogP contribution in [-0.2, 0) is 21.4 Å². The monoisotopic (exact) mass is 400 g/mol. The second-order valence-corrected chi connectivity index (χ2v) is 9.54. The fourth-order valence-corrected chi connectivity index (χ4v) is 4.08. The molecule has 0 saturated carbocycles. The molecule has 154 valence electrons. The quantitative estimate of drug-likeness (QED) is 0.790. The summed E-state index contributed by atoms with van der Waals surface area (Å²) in [6, 6.07) is 16.1. The van der Waals surface area contributed by atoms with Crippen LogP contribution in [0.5, 0.6) is 0 Å². The molecule has 0 bridgehead atoms. The van der Waals surface area contributed by atoms with Crippen molar-refractivity contribution in [2.24, 2.45) is 5.92 Å². The lowest BCUT2D eigenvalue weighted by molar-refractivity contribution is -0.117. The van der Waals surface area contributed by atoms with E-state index in [1.165, 1.54) is 5.56 Å². The number of nitrogens with one attached hydrogen (secondary N) is 2. The molecule has 4 heteroatoms. The summed E-state index contributed by atoms with van der Waals surface area (Å²) in [6.45, 7) is 10.8. The third-order valence-corrected chi connectivity index (χ3v) is 5.56. The van der Waals surface area contributed by atoms with E-state index in [-0.39, 0.29) is 17.2 Å². The van der Waals surface area contributed by atoms with Gasteiger partial charge in [-0.15, -0.1) is 0 Å². The van der Waals surface area contributed by atoms with Crippen LogP contribution in [0.3, 0.4) is 0 Å². The Morgan fingerprint density at radius 1 is 0.800 bits per heavy atom. The Kier molecular flexibility index (Phi) is 4.89. The Morgan fingerprint density at radius 3 is 1.87 bits per heavy atom. The Bertz CT molecular complexity index is 1110. The summed E-state index contributed by atoms with van der Waals surface area (Å²) in [6.07, 6.45) is 0.949. The molecule has 4 rings (SSSR count). The van der Waals surface area contributed by atoms with Crippen molar-refractivity contribution in [3.63, 3.8) is 0 Å². The zero-order valence-electron chi connectivity index (χ0n) is 18.2. The fraction of sp³-hybridized carbons (Fsp3) is 0.308. The molecule has 2 aliphatic heterocycles. The van der Waals surface area contributed by atoms with Crippen molar-refractivity contribution in [3.8, 4) is 0 Å². The van der Waals surface area contributed by atoms with Gasteiger partial charge in [0.25, 0.3) is 11.8 Å². The molecule has 2 aromatic carbocycles. The van der Waals surface area contributed by atoms with Crippen LogP contribution in [0.2, 0.25) is 0 Å². The summed E-state index contributed by atoms with van der Waals surface area (Å²) in [7, 11) is 0. The Labute approximate surface area is 178 Å². The molecule has 0 spiro atoms. The number of hydrogen-bond donors (Lipinski definition) is 2. The number of fused-ring (bicyclic) bond motifs is 1. The number of hydrogen-bond acceptors (Lipinski definition) is 2. The number of rotatable bonds is 4. The normalized spacial score (nSPS) is 16.3. The molecule has 2 heterocycles. The lowest BCUT2D eigenvalue weighted by Crippen LogP contribution is -2.21. The Balaban J connectivity index is 1.82. The van der Waals surface area contributed by atoms with Crippen molar-refractivity contribution >= 4 is 23.2 Å². The number of benzene rings is 2. The minimum atomic E-state index is -0.233. The predicted octanol–water partition coefficient (Wildman–Crippen LogP) is 4.56. The molecule has 30 heavy (non-hydrogen) atoms. The highest BCUT2D eigenvalue weighted by Crippen LogP contribution is 2.38. The summed E-state index contributed by atoms with van der Waals surface area (Å²) in [5.41, 5.74) is 6.11. The maximum atomic E-state index is 12.9. The van der Waals surface area contributed by atoms with Gasteiger partial charge in [-0.1, -0.05) is 71.0 Å². The maximum Gasteiger partial charge on any atom is 0.258 e. The van der Waals surface area contributed by atoms with Crippen molar-refractivity contribution in [2.75, 3.05) is 0 Å². The minimum Gasteiger partial charge on any atom is -0.321 e. The minimum absolute atomic E-state index is 0.0253. The molecule has 0 radical (unpaired) electrons. The molecule has 0 aliphatic carbocycles. The lowest BCUT2D eigenvalue weighted by Gasteiger charge is -2.20. The van der Waals surface area contributed by atoms with Gasteiger partial charge in [-0.25, -0.2) is 0 Å². The summed E-state index contributed by atoms with van der Waals surface area (Å²) < 4.78 is 0. The second-order valence-electron chi connectivity index (χ2n) is 9.54. The number of amides is 2. The summed E-state index contributed by atoms with van der Waals surface area (Å²) in [5, 5.41) is 5.90. The van der Waals surface area contributed by atoms with Gasteiger partial charge in [0, 0.05) is 0 Å². The third-order valence-electron chi connectivity index (χ3n) is 5.56. The molecule has 0 saturated heterocycles. The second kappa shape index (κ2) is 7.28. The van der Waals surface area contributed by atoms with E-state index in [0.717, 1.165) is 23.1 Å². The van der Waals surface area contributed by atoms with E-state index < -0.39 is 0 Å². The van der Waals surface area contributed by atoms with E-state index in [9.17, 15) is 9.59 Å². The molecule has 0 unspecified atom stereocenters. The van der Waals surface area contributed by atoms with Crippen LogP contribution in [0.25, 0.3) is 11.4 Å². The average Bonchev–Trinajstić information content (AvgIpc) is 3.20. The van der Waals surface area contributed by atoms with Crippen molar-refractivity contribution in [1.82, 2.24) is 10.6 Å². The number of carbonyl (C=O) groups excluding carboxylic acids is 2. The zero-order chi connectivity index (χ0) is 21.6. The van der Waals surface area contributed by atoms with Crippen LogP contribution in [0, 0.1) is 5.92 Å². The van der Waals surface area contributed by atoms with Gasteiger partial charge in [-0.3, -0.25) is 9.59 Å². The molecular formula is C26H28N2O2. The summed E-state index contributed by atoms with van der Waals surface area (Å²) in [5.74, 6) is 0.0653. The molecule has 0 atom stereocenters. The molecule has 4 nitrogen and oxygen atoms in total. The molecule has 2 N–H and O–H groups in total. The predicted molar refractivity (Wildman–Crippen MR) is 120 cm³/mol. The smallest absolute Gasteiger partial charge is 0.258 e. The zero-order valence-corrected chi connectivity index (χ0v) is 18.2. The van der Waals surface area contributed by atoms with Crippen molar-refractivity contribution < 1.29 is 9.59 Å². The molecule has 2 aromatic rings. The van der Waals surface area contributed by atoms with Crippen LogP contribution < -0.4 is 10.6 Å². The van der Waals surface area contributed by atoms with Crippen LogP contribution in [0.15, 0.2) is 59.7 Å². The van der Waals surface area contributed by atoms with E-state index in [1.54, 1.807) is 0 Å². The molecule has 2 aliphatic rings. The van der Waals surface area contributed by atoms with Crippen molar-refractivity contribution in [2.45, 2.75) is 46.5 Å². The van der Waals surface area contributed by atoms with E-state index >= 15 is 0 Å². The molecule has 0 fully saturated rings. The van der Waals surface area contributed by atoms with E-state index in [1.807, 2.05) is 24.3 Å². The van der Waals surface area contributed by atoms with E-state index in [0.29, 0.717) is 28.5 Å². The highest BCUT2D eigenvalue weighted by atomic mass is 16.2. The number of carbonyl (C=O) groups is 2. The first kappa shape index (κ1) is 20.1. The highest BCUT2D eigenvalue weighted by molar-refractivity contribution is 6.30. The maximum absolute atomic E-state index is 12.9. The van der Waals surface area contributed by atoms with E-state index in [4.69, 9.17) is 0 Å². The molecule has 2 amide bonds. The largest absolute Gasteiger partial charge is 0.321 e. The van der Waals surface area contributed by atoms with Gasteiger partial charge in [0.15, 0.2) is 0 Å². The van der Waals surface area contributed by atoms with Gasteiger partial charge in [0.1, 0.15) is 0 Å². The SMILES string of the molecule is CC(C)Cc1cccc(C2=C3C(=O)NC(c4cccc(C(C)(C)C)c4)=C3C(=O)N2)c1. The van der Waals surface area contributed by atoms with Gasteiger partial charge >= 0.3 is 0 Å². The van der Waals surface area contributed by atoms with Gasteiger partial charge in [-0.05, 0) is 52.1 Å². The van der Waals surface area contributed by atoms with Crippen LogP contribution in [0.1, 0.15) is 56.9 Å². The first-order valence-electron chi connectivity index (χ1n) is 10.5. The van der Waals surface area contributed by atoms with Gasteiger partial charge in [0.05, 0.1) is 22.5 Å². The summed E-state index contributed by atoms with van der Waals surface area (Å²) >= 11 is 0. The fourth-order valence-electron chi connectivity index (χ4n) is 4.08. The third kappa shape index (κ3) is 3.58. The lowest BCUT2D eigenvalue weighted by atomic mass is 9.85. The van der Waals surface area contributed by atoms with E-state index in [2.05, 4.69) is 69.5 Å². The van der Waals surface area contributed by atoms with Crippen LogP contribution in [-0.4, -0.2) is 11.8 Å². The van der Waals surface area contributed by atoms with Crippen molar-refractivity contribution in [1.29, 1.82) is 0 Å².